The van der Waals surface area contributed by atoms with Gasteiger partial charge in [0, 0.05) is 16.0 Å². The first kappa shape index (κ1) is 18.5. The lowest BCUT2D eigenvalue weighted by molar-refractivity contribution is 0.340. The van der Waals surface area contributed by atoms with Crippen molar-refractivity contribution in [1.29, 1.82) is 5.26 Å². The quantitative estimate of drug-likeness (QED) is 0.454. The summed E-state index contributed by atoms with van der Waals surface area (Å²) in [5.41, 5.74) is 2.92. The van der Waals surface area contributed by atoms with Gasteiger partial charge in [-0.1, -0.05) is 35.3 Å². The normalized spacial score (nSPS) is 11.2. The fourth-order valence-corrected chi connectivity index (χ4v) is 3.64. The van der Waals surface area contributed by atoms with Crippen LogP contribution in [0.15, 0.2) is 47.8 Å². The van der Waals surface area contributed by atoms with E-state index in [1.165, 1.54) is 11.3 Å². The summed E-state index contributed by atoms with van der Waals surface area (Å²) < 4.78 is 5.43. The van der Waals surface area contributed by atoms with Gasteiger partial charge in [0.15, 0.2) is 0 Å². The summed E-state index contributed by atoms with van der Waals surface area (Å²) in [7, 11) is 0. The van der Waals surface area contributed by atoms with Crippen LogP contribution < -0.4 is 4.74 Å². The highest BCUT2D eigenvalue weighted by Gasteiger charge is 2.12. The molecule has 26 heavy (non-hydrogen) atoms. The second-order valence-corrected chi connectivity index (χ2v) is 7.04. The molecule has 0 spiro atoms. The van der Waals surface area contributed by atoms with Crippen LogP contribution in [0.5, 0.6) is 5.75 Å². The Hall–Kier alpha value is -2.32. The Bertz CT molecular complexity index is 988. The molecule has 3 rings (SSSR count). The molecule has 3 aromatic rings. The Balaban J connectivity index is 1.89. The van der Waals surface area contributed by atoms with Crippen LogP contribution in [0.2, 0.25) is 10.0 Å². The molecule has 1 aromatic heterocycles. The van der Waals surface area contributed by atoms with Crippen molar-refractivity contribution in [2.75, 3.05) is 6.61 Å². The van der Waals surface area contributed by atoms with E-state index in [1.807, 2.05) is 48.7 Å². The third-order valence-corrected chi connectivity index (χ3v) is 4.99. The van der Waals surface area contributed by atoms with Gasteiger partial charge < -0.3 is 4.74 Å². The van der Waals surface area contributed by atoms with Crippen LogP contribution in [-0.2, 0) is 0 Å². The lowest BCUT2D eigenvalue weighted by Crippen LogP contribution is -1.90. The zero-order valence-corrected chi connectivity index (χ0v) is 16.2. The SMILES string of the molecule is CCOc1ccc(/C=C(/C#N)c2nc(-c3ccc(Cl)cc3Cl)cs2)cc1. The van der Waals surface area contributed by atoms with Gasteiger partial charge in [0.2, 0.25) is 0 Å². The molecule has 1 heterocycles. The highest BCUT2D eigenvalue weighted by atomic mass is 35.5. The zero-order chi connectivity index (χ0) is 18.5. The van der Waals surface area contributed by atoms with Crippen molar-refractivity contribution in [2.24, 2.45) is 0 Å². The van der Waals surface area contributed by atoms with E-state index in [-0.39, 0.29) is 0 Å². The van der Waals surface area contributed by atoms with Gasteiger partial charge in [-0.3, -0.25) is 0 Å². The smallest absolute Gasteiger partial charge is 0.134 e. The molecule has 2 aromatic carbocycles. The molecule has 130 valence electrons. The molecule has 0 bridgehead atoms. The Morgan fingerprint density at radius 1 is 1.23 bits per heavy atom. The van der Waals surface area contributed by atoms with Crippen LogP contribution in [0, 0.1) is 11.3 Å². The largest absolute Gasteiger partial charge is 0.494 e. The maximum absolute atomic E-state index is 9.53. The predicted molar refractivity (Wildman–Crippen MR) is 109 cm³/mol. The van der Waals surface area contributed by atoms with E-state index < -0.39 is 0 Å². The van der Waals surface area contributed by atoms with Crippen molar-refractivity contribution in [3.8, 4) is 23.1 Å². The van der Waals surface area contributed by atoms with E-state index in [0.29, 0.717) is 27.2 Å². The van der Waals surface area contributed by atoms with Crippen molar-refractivity contribution in [3.63, 3.8) is 0 Å². The third kappa shape index (κ3) is 4.25. The summed E-state index contributed by atoms with van der Waals surface area (Å²) in [4.78, 5) is 4.56. The van der Waals surface area contributed by atoms with Crippen LogP contribution in [0.3, 0.4) is 0 Å². The average Bonchev–Trinajstić information content (AvgIpc) is 3.11. The van der Waals surface area contributed by atoms with Gasteiger partial charge in [0.1, 0.15) is 16.8 Å². The summed E-state index contributed by atoms with van der Waals surface area (Å²) in [6.07, 6.45) is 1.81. The molecule has 3 nitrogen and oxygen atoms in total. The number of hydrogen-bond donors (Lipinski definition) is 0. The molecule has 0 aliphatic carbocycles. The maximum atomic E-state index is 9.53. The number of hydrogen-bond acceptors (Lipinski definition) is 4. The number of allylic oxidation sites excluding steroid dienone is 1. The van der Waals surface area contributed by atoms with Crippen LogP contribution in [0.1, 0.15) is 17.5 Å². The van der Waals surface area contributed by atoms with Gasteiger partial charge in [-0.05, 0) is 48.9 Å². The monoisotopic (exact) mass is 400 g/mol. The van der Waals surface area contributed by atoms with E-state index in [2.05, 4.69) is 11.1 Å². The van der Waals surface area contributed by atoms with Crippen LogP contribution in [0.4, 0.5) is 0 Å². The molecular weight excluding hydrogens is 387 g/mol. The minimum Gasteiger partial charge on any atom is -0.494 e. The fraction of sp³-hybridized carbons (Fsp3) is 0.100. The van der Waals surface area contributed by atoms with E-state index in [0.717, 1.165) is 22.6 Å². The molecular formula is C20H14Cl2N2OS. The van der Waals surface area contributed by atoms with Crippen molar-refractivity contribution >= 4 is 46.2 Å². The molecule has 0 aliphatic rings. The first-order valence-corrected chi connectivity index (χ1v) is 9.50. The zero-order valence-electron chi connectivity index (χ0n) is 13.9. The second-order valence-electron chi connectivity index (χ2n) is 5.33. The van der Waals surface area contributed by atoms with Gasteiger partial charge in [-0.2, -0.15) is 5.26 Å². The van der Waals surface area contributed by atoms with Gasteiger partial charge in [-0.25, -0.2) is 4.98 Å². The summed E-state index contributed by atoms with van der Waals surface area (Å²) in [5, 5.41) is 13.2. The van der Waals surface area contributed by atoms with E-state index in [4.69, 9.17) is 27.9 Å². The molecule has 0 saturated heterocycles. The maximum Gasteiger partial charge on any atom is 0.134 e. The number of ether oxygens (including phenoxy) is 1. The number of halogens is 2. The van der Waals surface area contributed by atoms with Crippen molar-refractivity contribution < 1.29 is 4.74 Å². The first-order valence-electron chi connectivity index (χ1n) is 7.86. The molecule has 0 N–H and O–H groups in total. The lowest BCUT2D eigenvalue weighted by Gasteiger charge is -2.03. The number of aromatic nitrogens is 1. The summed E-state index contributed by atoms with van der Waals surface area (Å²) >= 11 is 13.6. The van der Waals surface area contributed by atoms with Gasteiger partial charge in [0.25, 0.3) is 0 Å². The Labute approximate surface area is 166 Å². The predicted octanol–water partition coefficient (Wildman–Crippen LogP) is 6.58. The van der Waals surface area contributed by atoms with Gasteiger partial charge >= 0.3 is 0 Å². The molecule has 0 saturated carbocycles. The fourth-order valence-electron chi connectivity index (χ4n) is 2.35. The number of benzene rings is 2. The topological polar surface area (TPSA) is 45.9 Å². The van der Waals surface area contributed by atoms with Gasteiger partial charge in [0.05, 0.1) is 22.9 Å². The molecule has 0 amide bonds. The van der Waals surface area contributed by atoms with Gasteiger partial charge in [-0.15, -0.1) is 11.3 Å². The molecule has 0 radical (unpaired) electrons. The van der Waals surface area contributed by atoms with Crippen molar-refractivity contribution in [2.45, 2.75) is 6.92 Å². The second kappa shape index (κ2) is 8.37. The molecule has 6 heteroatoms. The number of nitrogens with zero attached hydrogens (tertiary/aromatic N) is 2. The number of rotatable bonds is 5. The standard InChI is InChI=1S/C20H14Cl2N2OS/c1-2-25-16-6-3-13(4-7-16)9-14(11-23)20-24-19(12-26-20)17-8-5-15(21)10-18(17)22/h3-10,12H,2H2,1H3/b14-9-. The summed E-state index contributed by atoms with van der Waals surface area (Å²) in [5.74, 6) is 0.803. The summed E-state index contributed by atoms with van der Waals surface area (Å²) in [6.45, 7) is 2.56. The first-order chi connectivity index (χ1) is 12.6. The summed E-state index contributed by atoms with van der Waals surface area (Å²) in [6, 6.07) is 15.1. The molecule has 0 atom stereocenters. The van der Waals surface area contributed by atoms with Crippen LogP contribution >= 0.6 is 34.5 Å². The minimum atomic E-state index is 0.496. The Kier molecular flexibility index (Phi) is 5.95. The third-order valence-electron chi connectivity index (χ3n) is 3.56. The van der Waals surface area contributed by atoms with Crippen LogP contribution in [-0.4, -0.2) is 11.6 Å². The number of nitriles is 1. The van der Waals surface area contributed by atoms with E-state index in [9.17, 15) is 5.26 Å². The highest BCUT2D eigenvalue weighted by Crippen LogP contribution is 2.33. The van der Waals surface area contributed by atoms with E-state index >= 15 is 0 Å². The molecule has 0 fully saturated rings. The number of thiazole rings is 1. The van der Waals surface area contributed by atoms with E-state index in [1.54, 1.807) is 12.1 Å². The lowest BCUT2D eigenvalue weighted by atomic mass is 10.1. The van der Waals surface area contributed by atoms with Crippen molar-refractivity contribution in [1.82, 2.24) is 4.98 Å². The van der Waals surface area contributed by atoms with Crippen LogP contribution in [0.25, 0.3) is 22.9 Å². The Morgan fingerprint density at radius 2 is 2.00 bits per heavy atom. The minimum absolute atomic E-state index is 0.496. The molecule has 0 unspecified atom stereocenters. The molecule has 0 aliphatic heterocycles. The highest BCUT2D eigenvalue weighted by molar-refractivity contribution is 7.11. The Morgan fingerprint density at radius 3 is 2.65 bits per heavy atom. The average molecular weight is 401 g/mol. The van der Waals surface area contributed by atoms with Crippen molar-refractivity contribution in [3.05, 3.63) is 68.5 Å².